The molecule has 0 unspecified atom stereocenters. The van der Waals surface area contributed by atoms with E-state index in [0.717, 1.165) is 22.0 Å². The molecule has 3 aromatic rings. The molecule has 2 N–H and O–H groups in total. The lowest BCUT2D eigenvalue weighted by molar-refractivity contribution is 0.481. The molecular weight excluding hydrogens is 262 g/mol. The number of anilines is 1. The third kappa shape index (κ3) is 2.41. The van der Waals surface area contributed by atoms with Crippen LogP contribution >= 0.6 is 0 Å². The SMILES string of the molecule is Cn1cc(CNc2cccc3c(O)cccc23)cc1C#N. The average molecular weight is 277 g/mol. The van der Waals surface area contributed by atoms with Crippen molar-refractivity contribution in [1.82, 2.24) is 4.57 Å². The molecule has 2 aromatic carbocycles. The van der Waals surface area contributed by atoms with E-state index in [1.807, 2.05) is 54.2 Å². The van der Waals surface area contributed by atoms with E-state index in [1.165, 1.54) is 0 Å². The second-order valence-corrected chi connectivity index (χ2v) is 4.99. The first-order valence-corrected chi connectivity index (χ1v) is 6.69. The largest absolute Gasteiger partial charge is 0.507 e. The number of aryl methyl sites for hydroxylation is 1. The standard InChI is InChI=1S/C17H15N3O/c1-20-11-12(8-13(20)9-18)10-19-16-6-2-5-15-14(16)4-3-7-17(15)21/h2-8,11,19,21H,10H2,1H3. The van der Waals surface area contributed by atoms with E-state index in [2.05, 4.69) is 11.4 Å². The minimum atomic E-state index is 0.280. The number of aromatic hydroxyl groups is 1. The van der Waals surface area contributed by atoms with Crippen LogP contribution in [0.1, 0.15) is 11.3 Å². The van der Waals surface area contributed by atoms with Gasteiger partial charge in [-0.25, -0.2) is 0 Å². The fourth-order valence-corrected chi connectivity index (χ4v) is 2.49. The first-order valence-electron chi connectivity index (χ1n) is 6.69. The number of aromatic nitrogens is 1. The van der Waals surface area contributed by atoms with Crippen LogP contribution in [0.2, 0.25) is 0 Å². The molecule has 3 rings (SSSR count). The van der Waals surface area contributed by atoms with Crippen molar-refractivity contribution in [3.05, 3.63) is 59.9 Å². The molecule has 0 radical (unpaired) electrons. The summed E-state index contributed by atoms with van der Waals surface area (Å²) in [4.78, 5) is 0. The molecule has 0 saturated heterocycles. The summed E-state index contributed by atoms with van der Waals surface area (Å²) >= 11 is 0. The van der Waals surface area contributed by atoms with Crippen LogP contribution in [0.15, 0.2) is 48.7 Å². The van der Waals surface area contributed by atoms with Crippen LogP contribution in [-0.2, 0) is 13.6 Å². The smallest absolute Gasteiger partial charge is 0.123 e. The fraction of sp³-hybridized carbons (Fsp3) is 0.118. The molecule has 1 heterocycles. The summed E-state index contributed by atoms with van der Waals surface area (Å²) in [6.07, 6.45) is 1.94. The van der Waals surface area contributed by atoms with Gasteiger partial charge in [0.05, 0.1) is 0 Å². The molecule has 104 valence electrons. The Balaban J connectivity index is 1.88. The van der Waals surface area contributed by atoms with Crippen LogP contribution in [0.3, 0.4) is 0 Å². The van der Waals surface area contributed by atoms with E-state index >= 15 is 0 Å². The molecular formula is C17H15N3O. The van der Waals surface area contributed by atoms with Crippen LogP contribution in [0.4, 0.5) is 5.69 Å². The van der Waals surface area contributed by atoms with Gasteiger partial charge in [-0.3, -0.25) is 0 Å². The Morgan fingerprint density at radius 1 is 1.19 bits per heavy atom. The van der Waals surface area contributed by atoms with Crippen LogP contribution in [0.25, 0.3) is 10.8 Å². The third-order valence-corrected chi connectivity index (χ3v) is 3.56. The molecule has 21 heavy (non-hydrogen) atoms. The fourth-order valence-electron chi connectivity index (χ4n) is 2.49. The highest BCUT2D eigenvalue weighted by Gasteiger charge is 2.05. The van der Waals surface area contributed by atoms with Gasteiger partial charge in [-0.15, -0.1) is 0 Å². The number of nitriles is 1. The van der Waals surface area contributed by atoms with Gasteiger partial charge in [0, 0.05) is 36.2 Å². The maximum absolute atomic E-state index is 9.89. The lowest BCUT2D eigenvalue weighted by atomic mass is 10.1. The lowest BCUT2D eigenvalue weighted by Gasteiger charge is -2.09. The van der Waals surface area contributed by atoms with Crippen molar-refractivity contribution >= 4 is 16.5 Å². The molecule has 0 bridgehead atoms. The van der Waals surface area contributed by atoms with E-state index in [0.29, 0.717) is 12.2 Å². The van der Waals surface area contributed by atoms with E-state index in [4.69, 9.17) is 5.26 Å². The predicted octanol–water partition coefficient (Wildman–Crippen LogP) is 3.37. The van der Waals surface area contributed by atoms with Crippen molar-refractivity contribution < 1.29 is 5.11 Å². The molecule has 0 aliphatic carbocycles. The minimum absolute atomic E-state index is 0.280. The Bertz CT molecular complexity index is 843. The van der Waals surface area contributed by atoms with Crippen molar-refractivity contribution in [1.29, 1.82) is 5.26 Å². The number of fused-ring (bicyclic) bond motifs is 1. The normalized spacial score (nSPS) is 10.5. The second-order valence-electron chi connectivity index (χ2n) is 4.99. The Morgan fingerprint density at radius 2 is 1.95 bits per heavy atom. The predicted molar refractivity (Wildman–Crippen MR) is 83.1 cm³/mol. The van der Waals surface area contributed by atoms with E-state index < -0.39 is 0 Å². The number of benzene rings is 2. The number of phenols is 1. The first kappa shape index (κ1) is 13.1. The number of hydrogen-bond acceptors (Lipinski definition) is 3. The summed E-state index contributed by atoms with van der Waals surface area (Å²) in [7, 11) is 1.86. The number of nitrogens with zero attached hydrogens (tertiary/aromatic N) is 2. The highest BCUT2D eigenvalue weighted by atomic mass is 16.3. The zero-order valence-corrected chi connectivity index (χ0v) is 11.7. The molecule has 0 aliphatic heterocycles. The van der Waals surface area contributed by atoms with Crippen molar-refractivity contribution in [2.75, 3.05) is 5.32 Å². The van der Waals surface area contributed by atoms with Gasteiger partial charge in [-0.2, -0.15) is 5.26 Å². The summed E-state index contributed by atoms with van der Waals surface area (Å²) in [6, 6.07) is 15.3. The molecule has 0 spiro atoms. The molecule has 0 aliphatic rings. The van der Waals surface area contributed by atoms with Crippen LogP contribution in [0, 0.1) is 11.3 Å². The van der Waals surface area contributed by atoms with Crippen molar-refractivity contribution in [2.24, 2.45) is 7.05 Å². The average Bonchev–Trinajstić information content (AvgIpc) is 2.86. The highest BCUT2D eigenvalue weighted by molar-refractivity contribution is 5.97. The molecule has 0 amide bonds. The quantitative estimate of drug-likeness (QED) is 0.771. The topological polar surface area (TPSA) is 61.0 Å². The van der Waals surface area contributed by atoms with Crippen molar-refractivity contribution in [2.45, 2.75) is 6.54 Å². The van der Waals surface area contributed by atoms with Crippen molar-refractivity contribution in [3.8, 4) is 11.8 Å². The highest BCUT2D eigenvalue weighted by Crippen LogP contribution is 2.30. The Kier molecular flexibility index (Phi) is 3.25. The van der Waals surface area contributed by atoms with Crippen LogP contribution in [-0.4, -0.2) is 9.67 Å². The van der Waals surface area contributed by atoms with E-state index in [-0.39, 0.29) is 5.75 Å². The number of hydrogen-bond donors (Lipinski definition) is 2. The number of nitrogens with one attached hydrogen (secondary N) is 1. The molecule has 0 fully saturated rings. The van der Waals surface area contributed by atoms with Gasteiger partial charge in [-0.05, 0) is 23.8 Å². The van der Waals surface area contributed by atoms with Gasteiger partial charge < -0.3 is 15.0 Å². The number of phenolic OH excluding ortho intramolecular Hbond substituents is 1. The molecule has 4 nitrogen and oxygen atoms in total. The van der Waals surface area contributed by atoms with Crippen LogP contribution in [0.5, 0.6) is 5.75 Å². The summed E-state index contributed by atoms with van der Waals surface area (Å²) in [6.45, 7) is 0.629. The summed E-state index contributed by atoms with van der Waals surface area (Å²) < 4.78 is 1.81. The van der Waals surface area contributed by atoms with Gasteiger partial charge in [0.2, 0.25) is 0 Å². The minimum Gasteiger partial charge on any atom is -0.507 e. The van der Waals surface area contributed by atoms with E-state index in [9.17, 15) is 5.11 Å². The third-order valence-electron chi connectivity index (χ3n) is 3.56. The Labute approximate surface area is 122 Å². The van der Waals surface area contributed by atoms with Gasteiger partial charge in [-0.1, -0.05) is 24.3 Å². The maximum Gasteiger partial charge on any atom is 0.123 e. The van der Waals surface area contributed by atoms with Crippen molar-refractivity contribution in [3.63, 3.8) is 0 Å². The number of rotatable bonds is 3. The van der Waals surface area contributed by atoms with Gasteiger partial charge >= 0.3 is 0 Å². The van der Waals surface area contributed by atoms with Gasteiger partial charge in [0.1, 0.15) is 17.5 Å². The Morgan fingerprint density at radius 3 is 2.71 bits per heavy atom. The summed E-state index contributed by atoms with van der Waals surface area (Å²) in [5, 5.41) is 24.0. The Hall–Kier alpha value is -2.93. The van der Waals surface area contributed by atoms with Gasteiger partial charge in [0.15, 0.2) is 0 Å². The van der Waals surface area contributed by atoms with E-state index in [1.54, 1.807) is 6.07 Å². The summed E-state index contributed by atoms with van der Waals surface area (Å²) in [5.41, 5.74) is 2.65. The zero-order valence-electron chi connectivity index (χ0n) is 11.7. The molecule has 0 atom stereocenters. The summed E-state index contributed by atoms with van der Waals surface area (Å²) in [5.74, 6) is 0.280. The second kappa shape index (κ2) is 5.22. The van der Waals surface area contributed by atoms with Crippen LogP contribution < -0.4 is 5.32 Å². The first-order chi connectivity index (χ1) is 10.2. The maximum atomic E-state index is 9.89. The zero-order chi connectivity index (χ0) is 14.8. The van der Waals surface area contributed by atoms with Gasteiger partial charge in [0.25, 0.3) is 0 Å². The molecule has 1 aromatic heterocycles. The molecule has 0 saturated carbocycles. The monoisotopic (exact) mass is 277 g/mol. The lowest BCUT2D eigenvalue weighted by Crippen LogP contribution is -1.99. The molecule has 4 heteroatoms.